The summed E-state index contributed by atoms with van der Waals surface area (Å²) in [6, 6.07) is 18.4. The minimum Gasteiger partial charge on any atom is -0.364 e. The van der Waals surface area contributed by atoms with Gasteiger partial charge in [-0.3, -0.25) is 9.69 Å². The maximum Gasteiger partial charge on any atom is 0.248 e. The topological polar surface area (TPSA) is 47.4 Å². The summed E-state index contributed by atoms with van der Waals surface area (Å²) in [5.74, 6) is 0.900. The minimum absolute atomic E-state index is 0.00182. The van der Waals surface area contributed by atoms with Crippen LogP contribution in [0.3, 0.4) is 0 Å². The lowest BCUT2D eigenvalue weighted by Gasteiger charge is -2.27. The summed E-state index contributed by atoms with van der Waals surface area (Å²) in [7, 11) is 1.63. The molecular formula is C26H29N3O2S. The summed E-state index contributed by atoms with van der Waals surface area (Å²) in [4.78, 5) is 21.6. The Morgan fingerprint density at radius 1 is 1.03 bits per heavy atom. The van der Waals surface area contributed by atoms with Crippen molar-refractivity contribution in [2.75, 3.05) is 18.7 Å². The van der Waals surface area contributed by atoms with Crippen LogP contribution in [-0.4, -0.2) is 29.3 Å². The van der Waals surface area contributed by atoms with Gasteiger partial charge >= 0.3 is 0 Å². The van der Waals surface area contributed by atoms with Gasteiger partial charge in [0, 0.05) is 18.4 Å². The van der Waals surface area contributed by atoms with E-state index in [1.165, 1.54) is 4.88 Å². The van der Waals surface area contributed by atoms with Crippen molar-refractivity contribution in [2.24, 2.45) is 0 Å². The molecule has 0 atom stereocenters. The molecule has 5 nitrogen and oxygen atoms in total. The monoisotopic (exact) mass is 447 g/mol. The largest absolute Gasteiger partial charge is 0.364 e. The summed E-state index contributed by atoms with van der Waals surface area (Å²) < 4.78 is 7.54. The van der Waals surface area contributed by atoms with Crippen molar-refractivity contribution in [1.82, 2.24) is 9.55 Å². The number of hydrogen-bond donors (Lipinski definition) is 0. The van der Waals surface area contributed by atoms with Crippen molar-refractivity contribution in [3.63, 3.8) is 0 Å². The summed E-state index contributed by atoms with van der Waals surface area (Å²) >= 11 is 1.71. The molecule has 4 rings (SSSR count). The number of carbonyl (C=O) groups excluding carboxylic acids is 1. The van der Waals surface area contributed by atoms with Gasteiger partial charge in [-0.15, -0.1) is 11.3 Å². The van der Waals surface area contributed by atoms with Gasteiger partial charge in [0.05, 0.1) is 16.7 Å². The first-order chi connectivity index (χ1) is 15.7. The van der Waals surface area contributed by atoms with E-state index in [2.05, 4.69) is 48.1 Å². The average Bonchev–Trinajstić information content (AvgIpc) is 3.45. The molecule has 0 unspecified atom stereocenters. The molecule has 0 saturated carbocycles. The molecule has 166 valence electrons. The van der Waals surface area contributed by atoms with Crippen LogP contribution in [0.1, 0.15) is 35.7 Å². The quantitative estimate of drug-likeness (QED) is 0.321. The fraction of sp³-hybridized carbons (Fsp3) is 0.308. The summed E-state index contributed by atoms with van der Waals surface area (Å²) in [5, 5.41) is 2.07. The number of fused-ring (bicyclic) bond motifs is 1. The molecule has 0 N–H and O–H groups in total. The highest BCUT2D eigenvalue weighted by Crippen LogP contribution is 2.28. The van der Waals surface area contributed by atoms with E-state index in [0.717, 1.165) is 46.5 Å². The molecule has 0 fully saturated rings. The molecule has 0 spiro atoms. The Balaban J connectivity index is 1.74. The molecule has 0 aliphatic carbocycles. The number of rotatable bonds is 9. The smallest absolute Gasteiger partial charge is 0.248 e. The zero-order valence-electron chi connectivity index (χ0n) is 18.9. The average molecular weight is 448 g/mol. The van der Waals surface area contributed by atoms with Crippen molar-refractivity contribution in [3.8, 4) is 0 Å². The number of nitrogens with zero attached hydrogens (tertiary/aromatic N) is 3. The van der Waals surface area contributed by atoms with Gasteiger partial charge in [-0.05, 0) is 47.5 Å². The molecule has 2 aromatic heterocycles. The van der Waals surface area contributed by atoms with Crippen molar-refractivity contribution in [2.45, 2.75) is 39.7 Å². The Bertz CT molecular complexity index is 1170. The van der Waals surface area contributed by atoms with Crippen LogP contribution in [0.2, 0.25) is 0 Å². The third-order valence-corrected chi connectivity index (χ3v) is 6.61. The molecule has 0 bridgehead atoms. The molecule has 0 radical (unpaired) electrons. The number of methoxy groups -OCH3 is 1. The SMILES string of the molecule is CCc1cccc(CC)c1N(COC)C(=O)Cn1c(Cc2cccs2)nc2ccccc21. The third kappa shape index (κ3) is 4.47. The van der Waals surface area contributed by atoms with Crippen LogP contribution in [-0.2, 0) is 35.3 Å². The summed E-state index contributed by atoms with van der Waals surface area (Å²) in [5.41, 5.74) is 5.18. The number of thiophene rings is 1. The molecule has 2 heterocycles. The highest BCUT2D eigenvalue weighted by atomic mass is 32.1. The molecule has 0 aliphatic heterocycles. The summed E-state index contributed by atoms with van der Waals surface area (Å²) in [6.45, 7) is 4.67. The molecule has 0 aliphatic rings. The van der Waals surface area contributed by atoms with E-state index in [-0.39, 0.29) is 19.2 Å². The number of hydrogen-bond acceptors (Lipinski definition) is 4. The number of aryl methyl sites for hydroxylation is 2. The first kappa shape index (κ1) is 22.2. The van der Waals surface area contributed by atoms with E-state index in [0.29, 0.717) is 6.42 Å². The molecular weight excluding hydrogens is 418 g/mol. The maximum atomic E-state index is 13.7. The summed E-state index contributed by atoms with van der Waals surface area (Å²) in [6.07, 6.45) is 2.41. The number of imidazole rings is 1. The van der Waals surface area contributed by atoms with Gasteiger partial charge in [0.2, 0.25) is 5.91 Å². The number of benzene rings is 2. The third-order valence-electron chi connectivity index (χ3n) is 5.73. The standard InChI is InChI=1S/C26H29N3O2S/c1-4-19-10-8-11-20(5-2)26(19)29(18-31-3)25(30)17-28-23-14-7-6-13-22(23)27-24(28)16-21-12-9-15-32-21/h6-15H,4-5,16-18H2,1-3H3. The van der Waals surface area contributed by atoms with Crippen LogP contribution in [0.25, 0.3) is 11.0 Å². The second-order valence-corrected chi connectivity index (χ2v) is 8.76. The van der Waals surface area contributed by atoms with Gasteiger partial charge < -0.3 is 9.30 Å². The van der Waals surface area contributed by atoms with E-state index in [4.69, 9.17) is 9.72 Å². The van der Waals surface area contributed by atoms with Crippen molar-refractivity contribution >= 4 is 34.0 Å². The van der Waals surface area contributed by atoms with Gasteiger partial charge in [-0.2, -0.15) is 0 Å². The Morgan fingerprint density at radius 2 is 1.78 bits per heavy atom. The predicted octanol–water partition coefficient (Wildman–Crippen LogP) is 5.45. The van der Waals surface area contributed by atoms with Crippen LogP contribution < -0.4 is 4.90 Å². The molecule has 1 amide bonds. The number of amides is 1. The first-order valence-corrected chi connectivity index (χ1v) is 11.9. The number of carbonyl (C=O) groups is 1. The maximum absolute atomic E-state index is 13.7. The number of para-hydroxylation sites is 3. The second-order valence-electron chi connectivity index (χ2n) is 7.73. The number of aromatic nitrogens is 2. The Morgan fingerprint density at radius 3 is 2.44 bits per heavy atom. The lowest BCUT2D eigenvalue weighted by atomic mass is 10.0. The second kappa shape index (κ2) is 10.1. The van der Waals surface area contributed by atoms with E-state index < -0.39 is 0 Å². The van der Waals surface area contributed by atoms with Crippen LogP contribution >= 0.6 is 11.3 Å². The highest BCUT2D eigenvalue weighted by molar-refractivity contribution is 7.09. The van der Waals surface area contributed by atoms with E-state index in [1.54, 1.807) is 23.3 Å². The van der Waals surface area contributed by atoms with Crippen molar-refractivity contribution in [1.29, 1.82) is 0 Å². The zero-order chi connectivity index (χ0) is 22.5. The van der Waals surface area contributed by atoms with Gasteiger partial charge in [0.1, 0.15) is 19.1 Å². The van der Waals surface area contributed by atoms with Gasteiger partial charge in [0.15, 0.2) is 0 Å². The van der Waals surface area contributed by atoms with E-state index in [9.17, 15) is 4.79 Å². The predicted molar refractivity (Wildman–Crippen MR) is 131 cm³/mol. The number of ether oxygens (including phenoxy) is 1. The van der Waals surface area contributed by atoms with E-state index >= 15 is 0 Å². The molecule has 2 aromatic carbocycles. The van der Waals surface area contributed by atoms with Crippen molar-refractivity contribution < 1.29 is 9.53 Å². The normalized spacial score (nSPS) is 11.2. The first-order valence-electron chi connectivity index (χ1n) is 11.0. The fourth-order valence-corrected chi connectivity index (χ4v) is 4.88. The van der Waals surface area contributed by atoms with Crippen LogP contribution in [0.15, 0.2) is 60.0 Å². The van der Waals surface area contributed by atoms with Crippen LogP contribution in [0, 0.1) is 0 Å². The van der Waals surface area contributed by atoms with Crippen molar-refractivity contribution in [3.05, 3.63) is 81.8 Å². The van der Waals surface area contributed by atoms with Gasteiger partial charge in [0.25, 0.3) is 0 Å². The Hall–Kier alpha value is -2.96. The molecule has 32 heavy (non-hydrogen) atoms. The highest BCUT2D eigenvalue weighted by Gasteiger charge is 2.23. The van der Waals surface area contributed by atoms with Gasteiger partial charge in [-0.1, -0.05) is 50.2 Å². The molecule has 0 saturated heterocycles. The fourth-order valence-electron chi connectivity index (χ4n) is 4.18. The molecule has 4 aromatic rings. The lowest BCUT2D eigenvalue weighted by molar-refractivity contribution is -0.120. The van der Waals surface area contributed by atoms with Gasteiger partial charge in [-0.25, -0.2) is 4.98 Å². The zero-order valence-corrected chi connectivity index (χ0v) is 19.7. The minimum atomic E-state index is -0.00182. The molecule has 6 heteroatoms. The van der Waals surface area contributed by atoms with E-state index in [1.807, 2.05) is 30.3 Å². The number of anilines is 1. The Kier molecular flexibility index (Phi) is 7.02. The lowest BCUT2D eigenvalue weighted by Crippen LogP contribution is -2.37. The van der Waals surface area contributed by atoms with Crippen LogP contribution in [0.4, 0.5) is 5.69 Å². The Labute approximate surface area is 193 Å². The van der Waals surface area contributed by atoms with Crippen LogP contribution in [0.5, 0.6) is 0 Å².